The smallest absolute Gasteiger partial charge is 0.418 e. The number of ether oxygens (including phenoxy) is 1. The van der Waals surface area contributed by atoms with Crippen LogP contribution < -0.4 is 15.4 Å². The zero-order valence-electron chi connectivity index (χ0n) is 24.3. The third-order valence-corrected chi connectivity index (χ3v) is 9.18. The van der Waals surface area contributed by atoms with Gasteiger partial charge in [0.25, 0.3) is 0 Å². The fraction of sp³-hybridized carbons (Fsp3) is 0.467. The Morgan fingerprint density at radius 2 is 1.89 bits per heavy atom. The van der Waals surface area contributed by atoms with Crippen LogP contribution in [0.25, 0.3) is 22.2 Å². The number of alkyl halides is 3. The molecule has 2 aromatic heterocycles. The number of likely N-dealkylation sites (N-methyl/N-ethyl adjacent to an activating group) is 1. The quantitative estimate of drug-likeness (QED) is 0.291. The van der Waals surface area contributed by atoms with Gasteiger partial charge in [-0.3, -0.25) is 4.79 Å². The molecule has 0 spiro atoms. The van der Waals surface area contributed by atoms with Crippen molar-refractivity contribution in [3.05, 3.63) is 46.8 Å². The van der Waals surface area contributed by atoms with Crippen LogP contribution in [0.5, 0.6) is 6.01 Å². The Kier molecular flexibility index (Phi) is 7.81. The van der Waals surface area contributed by atoms with Crippen molar-refractivity contribution in [2.75, 3.05) is 43.9 Å². The number of halogens is 5. The number of benzene rings is 1. The molecule has 3 aliphatic rings. The second kappa shape index (κ2) is 11.3. The monoisotopic (exact) mass is 633 g/mol. The Bertz CT molecular complexity index is 1640. The Morgan fingerprint density at radius 1 is 1.18 bits per heavy atom. The molecule has 3 unspecified atom stereocenters. The third-order valence-electron chi connectivity index (χ3n) is 8.89. The Labute approximate surface area is 256 Å². The number of hydrogen-bond acceptors (Lipinski definition) is 8. The summed E-state index contributed by atoms with van der Waals surface area (Å²) in [4.78, 5) is 31.4. The van der Waals surface area contributed by atoms with Crippen molar-refractivity contribution in [2.45, 2.75) is 56.9 Å². The molecule has 0 aliphatic carbocycles. The van der Waals surface area contributed by atoms with Gasteiger partial charge in [0.2, 0.25) is 5.91 Å². The van der Waals surface area contributed by atoms with E-state index >= 15 is 4.39 Å². The minimum absolute atomic E-state index is 0.107. The lowest BCUT2D eigenvalue weighted by atomic mass is 9.99. The van der Waals surface area contributed by atoms with Gasteiger partial charge >= 0.3 is 12.2 Å². The highest BCUT2D eigenvalue weighted by molar-refractivity contribution is 6.34. The Balaban J connectivity index is 1.50. The first kappa shape index (κ1) is 30.3. The zero-order valence-corrected chi connectivity index (χ0v) is 25.1. The first-order valence-corrected chi connectivity index (χ1v) is 14.8. The van der Waals surface area contributed by atoms with Gasteiger partial charge in [0, 0.05) is 36.6 Å². The van der Waals surface area contributed by atoms with Crippen LogP contribution in [0.4, 0.5) is 29.2 Å². The van der Waals surface area contributed by atoms with Gasteiger partial charge < -0.3 is 25.2 Å². The van der Waals surface area contributed by atoms with E-state index in [1.165, 1.54) is 19.1 Å². The van der Waals surface area contributed by atoms with E-state index in [4.69, 9.17) is 22.1 Å². The molecule has 14 heteroatoms. The van der Waals surface area contributed by atoms with E-state index in [2.05, 4.69) is 26.4 Å². The summed E-state index contributed by atoms with van der Waals surface area (Å²) in [6.45, 7) is 6.83. The molecule has 3 fully saturated rings. The van der Waals surface area contributed by atoms with Crippen LogP contribution in [0.3, 0.4) is 0 Å². The van der Waals surface area contributed by atoms with Gasteiger partial charge in [0.1, 0.15) is 23.8 Å². The van der Waals surface area contributed by atoms with Crippen LogP contribution in [0.15, 0.2) is 24.8 Å². The molecule has 2 N–H and O–H groups in total. The van der Waals surface area contributed by atoms with Gasteiger partial charge in [-0.2, -0.15) is 23.1 Å². The Morgan fingerprint density at radius 3 is 2.50 bits per heavy atom. The van der Waals surface area contributed by atoms with Crippen LogP contribution in [0.2, 0.25) is 5.02 Å². The van der Waals surface area contributed by atoms with Crippen molar-refractivity contribution >= 4 is 40.0 Å². The third kappa shape index (κ3) is 5.29. The molecule has 0 radical (unpaired) electrons. The average Bonchev–Trinajstić information content (AvgIpc) is 3.48. The average molecular weight is 634 g/mol. The molecule has 5 heterocycles. The number of nitrogens with zero attached hydrogens (tertiary/aromatic N) is 6. The van der Waals surface area contributed by atoms with Gasteiger partial charge in [-0.15, -0.1) is 0 Å². The lowest BCUT2D eigenvalue weighted by Gasteiger charge is -2.41. The largest absolute Gasteiger partial charge is 0.462 e. The van der Waals surface area contributed by atoms with E-state index in [1.54, 1.807) is 0 Å². The first-order valence-electron chi connectivity index (χ1n) is 14.4. The van der Waals surface area contributed by atoms with Crippen LogP contribution in [0.1, 0.15) is 36.8 Å². The van der Waals surface area contributed by atoms with Crippen molar-refractivity contribution < 1.29 is 27.1 Å². The fourth-order valence-electron chi connectivity index (χ4n) is 6.82. The number of rotatable bonds is 6. The number of nitrogen functional groups attached to an aromatic ring is 1. The number of amides is 1. The number of likely N-dealkylation sites (tertiary alicyclic amines) is 1. The number of anilines is 2. The molecule has 3 aliphatic heterocycles. The molecule has 1 amide bonds. The molecular formula is C30H32ClF4N7O2. The predicted octanol–water partition coefficient (Wildman–Crippen LogP) is 5.23. The first-order chi connectivity index (χ1) is 20.9. The fourth-order valence-corrected chi connectivity index (χ4v) is 7.10. The highest BCUT2D eigenvalue weighted by Gasteiger charge is 2.43. The summed E-state index contributed by atoms with van der Waals surface area (Å²) >= 11 is 6.57. The van der Waals surface area contributed by atoms with E-state index in [0.717, 1.165) is 38.3 Å². The van der Waals surface area contributed by atoms with Crippen LogP contribution in [0, 0.1) is 12.7 Å². The molecule has 6 rings (SSSR count). The van der Waals surface area contributed by atoms with Crippen molar-refractivity contribution in [3.8, 4) is 17.3 Å². The summed E-state index contributed by atoms with van der Waals surface area (Å²) in [5.41, 5.74) is 2.93. The molecule has 3 saturated heterocycles. The molecule has 1 aromatic carbocycles. The van der Waals surface area contributed by atoms with Gasteiger partial charge in [-0.25, -0.2) is 9.37 Å². The second-order valence-electron chi connectivity index (χ2n) is 11.7. The van der Waals surface area contributed by atoms with Gasteiger partial charge in [0.15, 0.2) is 5.82 Å². The maximum absolute atomic E-state index is 16.6. The minimum atomic E-state index is -4.86. The standard InChI is InChI=1S/C30H32ClF4N7O2/c1-4-22(43)42-16-7-8-17(42)13-41(12-16)28-19-11-20(31)23(27-24(30(33,34)35)15(2)10-21(36)37-27)25(32)26(19)38-29(39-28)44-14-18-6-5-9-40(18)3/h4,10-11,16-18H,1,5-9,12-14H2,2-3H3,(H2,36,37). The summed E-state index contributed by atoms with van der Waals surface area (Å²) in [5, 5.41) is -0.0915. The highest BCUT2D eigenvalue weighted by Crippen LogP contribution is 2.45. The van der Waals surface area contributed by atoms with Gasteiger partial charge in [0.05, 0.1) is 21.8 Å². The summed E-state index contributed by atoms with van der Waals surface area (Å²) in [6.07, 6.45) is -0.0812. The number of hydrogen-bond donors (Lipinski definition) is 1. The van der Waals surface area contributed by atoms with Crippen LogP contribution >= 0.6 is 11.6 Å². The van der Waals surface area contributed by atoms with E-state index in [0.29, 0.717) is 18.9 Å². The number of fused-ring (bicyclic) bond motifs is 3. The molecule has 3 atom stereocenters. The number of carbonyl (C=O) groups excluding carboxylic acids is 1. The molecule has 234 valence electrons. The van der Waals surface area contributed by atoms with Gasteiger partial charge in [-0.05, 0) is 70.0 Å². The summed E-state index contributed by atoms with van der Waals surface area (Å²) in [5.74, 6) is -1.13. The molecule has 44 heavy (non-hydrogen) atoms. The predicted molar refractivity (Wildman–Crippen MR) is 159 cm³/mol. The van der Waals surface area contributed by atoms with Crippen LogP contribution in [-0.2, 0) is 11.0 Å². The van der Waals surface area contributed by atoms with E-state index in [9.17, 15) is 18.0 Å². The number of nitrogens with two attached hydrogens (primary N) is 1. The summed E-state index contributed by atoms with van der Waals surface area (Å²) < 4.78 is 65.2. The maximum atomic E-state index is 16.6. The van der Waals surface area contributed by atoms with E-state index in [1.807, 2.05) is 16.8 Å². The highest BCUT2D eigenvalue weighted by atomic mass is 35.5. The second-order valence-corrected chi connectivity index (χ2v) is 12.1. The lowest BCUT2D eigenvalue weighted by molar-refractivity contribution is -0.137. The SMILES string of the molecule is C=CC(=O)N1C2CCC1CN(c1nc(OCC3CCCN3C)nc3c(F)c(-c4nc(N)cc(C)c4C(F)(F)F)c(Cl)cc13)C2. The van der Waals surface area contributed by atoms with Crippen molar-refractivity contribution in [1.82, 2.24) is 24.8 Å². The summed E-state index contributed by atoms with van der Waals surface area (Å²) in [6, 6.07) is 2.22. The molecule has 0 saturated carbocycles. The maximum Gasteiger partial charge on any atom is 0.418 e. The van der Waals surface area contributed by atoms with E-state index in [-0.39, 0.29) is 64.0 Å². The molecular weight excluding hydrogens is 602 g/mol. The zero-order chi connectivity index (χ0) is 31.5. The molecule has 3 aromatic rings. The van der Waals surface area contributed by atoms with Gasteiger partial charge in [-0.1, -0.05) is 18.2 Å². The lowest BCUT2D eigenvalue weighted by Crippen LogP contribution is -2.55. The molecule has 2 bridgehead atoms. The van der Waals surface area contributed by atoms with Crippen LogP contribution in [-0.4, -0.2) is 82.1 Å². The number of aromatic nitrogens is 3. The molecule has 9 nitrogen and oxygen atoms in total. The Hall–Kier alpha value is -3.71. The van der Waals surface area contributed by atoms with Crippen molar-refractivity contribution in [1.29, 1.82) is 0 Å². The van der Waals surface area contributed by atoms with Crippen molar-refractivity contribution in [2.24, 2.45) is 0 Å². The normalized spacial score (nSPS) is 22.2. The number of aryl methyl sites for hydroxylation is 1. The summed E-state index contributed by atoms with van der Waals surface area (Å²) in [7, 11) is 1.99. The number of carbonyl (C=O) groups is 1. The number of piperazine rings is 1. The number of pyridine rings is 1. The minimum Gasteiger partial charge on any atom is -0.462 e. The van der Waals surface area contributed by atoms with E-state index < -0.39 is 28.8 Å². The van der Waals surface area contributed by atoms with Crippen molar-refractivity contribution in [3.63, 3.8) is 0 Å². The topological polar surface area (TPSA) is 101 Å².